The summed E-state index contributed by atoms with van der Waals surface area (Å²) in [6.07, 6.45) is -0.210. The smallest absolute Gasteiger partial charge is 0.305 e. The van der Waals surface area contributed by atoms with Crippen molar-refractivity contribution in [3.63, 3.8) is 0 Å². The number of amides is 1. The summed E-state index contributed by atoms with van der Waals surface area (Å²) in [4.78, 5) is 26.4. The van der Waals surface area contributed by atoms with Crippen molar-refractivity contribution in [3.8, 4) is 5.75 Å². The molecule has 1 heterocycles. The van der Waals surface area contributed by atoms with Crippen molar-refractivity contribution >= 4 is 34.5 Å². The van der Waals surface area contributed by atoms with Crippen LogP contribution in [0.25, 0.3) is 0 Å². The molecule has 1 atom stereocenters. The number of aliphatic carboxylic acids is 1. The summed E-state index contributed by atoms with van der Waals surface area (Å²) < 4.78 is 5.32. The number of hydrogen-bond donors (Lipinski definition) is 2. The predicted octanol–water partition coefficient (Wildman–Crippen LogP) is 1.78. The number of carboxylic acid groups (broad SMARTS) is 1. The zero-order valence-corrected chi connectivity index (χ0v) is 11.6. The van der Waals surface area contributed by atoms with Crippen molar-refractivity contribution < 1.29 is 19.4 Å². The van der Waals surface area contributed by atoms with Crippen LogP contribution in [0.2, 0.25) is 0 Å². The van der Waals surface area contributed by atoms with E-state index in [1.54, 1.807) is 24.3 Å². The lowest BCUT2D eigenvalue weighted by Gasteiger charge is -2.02. The standard InChI is InChI=1S/C13H14N2O4S/c1-2-19-9-5-3-8(4-6-9)14-13-15-12(18)10(20-13)7-11(16)17/h3-6,10H,2,7H2,1H3,(H,16,17)(H,14,15,18)/t10-/m0/s1. The largest absolute Gasteiger partial charge is 0.494 e. The second-order valence-corrected chi connectivity index (χ2v) is 5.23. The first-order valence-electron chi connectivity index (χ1n) is 6.09. The molecule has 106 valence electrons. The first-order valence-corrected chi connectivity index (χ1v) is 6.97. The number of aliphatic imine (C=N–C) groups is 1. The fourth-order valence-corrected chi connectivity index (χ4v) is 2.63. The van der Waals surface area contributed by atoms with E-state index in [9.17, 15) is 9.59 Å². The third-order valence-corrected chi connectivity index (χ3v) is 3.60. The molecule has 0 bridgehead atoms. The maximum absolute atomic E-state index is 11.6. The Labute approximate surface area is 120 Å². The highest BCUT2D eigenvalue weighted by Crippen LogP contribution is 2.26. The van der Waals surface area contributed by atoms with Crippen LogP contribution in [0.5, 0.6) is 5.75 Å². The van der Waals surface area contributed by atoms with Gasteiger partial charge in [0.2, 0.25) is 5.91 Å². The quantitative estimate of drug-likeness (QED) is 0.864. The molecule has 0 aromatic heterocycles. The van der Waals surface area contributed by atoms with Gasteiger partial charge in [-0.25, -0.2) is 4.99 Å². The molecule has 1 fully saturated rings. The number of rotatable bonds is 5. The van der Waals surface area contributed by atoms with Crippen LogP contribution >= 0.6 is 11.8 Å². The maximum atomic E-state index is 11.6. The molecule has 2 rings (SSSR count). The normalized spacial score (nSPS) is 19.9. The number of benzene rings is 1. The molecule has 0 radical (unpaired) electrons. The molecular formula is C13H14N2O4S. The molecule has 1 aromatic rings. The number of carbonyl (C=O) groups is 2. The molecule has 1 aliphatic heterocycles. The van der Waals surface area contributed by atoms with Gasteiger partial charge in [0.15, 0.2) is 5.17 Å². The van der Waals surface area contributed by atoms with Crippen molar-refractivity contribution in [3.05, 3.63) is 24.3 Å². The Morgan fingerprint density at radius 2 is 2.15 bits per heavy atom. The van der Waals surface area contributed by atoms with E-state index in [0.717, 1.165) is 17.5 Å². The Kier molecular flexibility index (Phi) is 4.62. The summed E-state index contributed by atoms with van der Waals surface area (Å²) >= 11 is 1.13. The summed E-state index contributed by atoms with van der Waals surface area (Å²) in [6.45, 7) is 2.50. The lowest BCUT2D eigenvalue weighted by Crippen LogP contribution is -2.26. The number of thioether (sulfide) groups is 1. The first kappa shape index (κ1) is 14.4. The molecule has 0 saturated carbocycles. The van der Waals surface area contributed by atoms with Crippen molar-refractivity contribution in [1.29, 1.82) is 0 Å². The highest BCUT2D eigenvalue weighted by atomic mass is 32.2. The van der Waals surface area contributed by atoms with E-state index in [-0.39, 0.29) is 12.3 Å². The second-order valence-electron chi connectivity index (χ2n) is 4.04. The molecule has 0 aliphatic carbocycles. The highest BCUT2D eigenvalue weighted by Gasteiger charge is 2.31. The van der Waals surface area contributed by atoms with Gasteiger partial charge in [0.1, 0.15) is 11.0 Å². The number of carboxylic acids is 1. The number of hydrogen-bond acceptors (Lipinski definition) is 5. The molecule has 1 saturated heterocycles. The molecule has 0 unspecified atom stereocenters. The van der Waals surface area contributed by atoms with Crippen molar-refractivity contribution in [1.82, 2.24) is 5.32 Å². The molecular weight excluding hydrogens is 280 g/mol. The highest BCUT2D eigenvalue weighted by molar-refractivity contribution is 8.15. The zero-order valence-electron chi connectivity index (χ0n) is 10.8. The monoisotopic (exact) mass is 294 g/mol. The van der Waals surface area contributed by atoms with Crippen LogP contribution in [0, 0.1) is 0 Å². The summed E-state index contributed by atoms with van der Waals surface area (Å²) in [7, 11) is 0. The molecule has 1 aromatic carbocycles. The van der Waals surface area contributed by atoms with Crippen LogP contribution in [0.3, 0.4) is 0 Å². The number of nitrogens with zero attached hydrogens (tertiary/aromatic N) is 1. The average molecular weight is 294 g/mol. The SMILES string of the molecule is CCOc1ccc(N=C2NC(=O)[C@H](CC(=O)O)S2)cc1. The molecule has 7 heteroatoms. The Morgan fingerprint density at radius 3 is 2.75 bits per heavy atom. The Bertz CT molecular complexity index is 542. The predicted molar refractivity (Wildman–Crippen MR) is 76.5 cm³/mol. The number of amidine groups is 1. The van der Waals surface area contributed by atoms with E-state index in [0.29, 0.717) is 17.5 Å². The summed E-state index contributed by atoms with van der Waals surface area (Å²) in [5.41, 5.74) is 0.673. The fraction of sp³-hybridized carbons (Fsp3) is 0.308. The number of carbonyl (C=O) groups excluding carboxylic acids is 1. The van der Waals surface area contributed by atoms with Gasteiger partial charge >= 0.3 is 5.97 Å². The zero-order chi connectivity index (χ0) is 14.5. The summed E-state index contributed by atoms with van der Waals surface area (Å²) in [6, 6.07) is 7.13. The van der Waals surface area contributed by atoms with E-state index in [2.05, 4.69) is 10.3 Å². The van der Waals surface area contributed by atoms with Crippen LogP contribution in [0.4, 0.5) is 5.69 Å². The molecule has 1 aliphatic rings. The topological polar surface area (TPSA) is 88.0 Å². The van der Waals surface area contributed by atoms with Gasteiger partial charge in [-0.2, -0.15) is 0 Å². The van der Waals surface area contributed by atoms with Gasteiger partial charge < -0.3 is 15.2 Å². The van der Waals surface area contributed by atoms with Crippen LogP contribution in [-0.4, -0.2) is 34.0 Å². The van der Waals surface area contributed by atoms with Crippen molar-refractivity contribution in [2.24, 2.45) is 4.99 Å². The van der Waals surface area contributed by atoms with E-state index in [1.165, 1.54) is 0 Å². The van der Waals surface area contributed by atoms with Crippen LogP contribution in [-0.2, 0) is 9.59 Å². The van der Waals surface area contributed by atoms with Gasteiger partial charge in [-0.3, -0.25) is 9.59 Å². The van der Waals surface area contributed by atoms with Crippen molar-refractivity contribution in [2.75, 3.05) is 6.61 Å². The molecule has 6 nitrogen and oxygen atoms in total. The van der Waals surface area contributed by atoms with E-state index >= 15 is 0 Å². The Balaban J connectivity index is 2.04. The van der Waals surface area contributed by atoms with Gasteiger partial charge in [-0.1, -0.05) is 11.8 Å². The van der Waals surface area contributed by atoms with Gasteiger partial charge in [-0.05, 0) is 31.2 Å². The summed E-state index contributed by atoms with van der Waals surface area (Å²) in [5, 5.41) is 11.1. The Hall–Kier alpha value is -2.02. The molecule has 20 heavy (non-hydrogen) atoms. The lowest BCUT2D eigenvalue weighted by molar-refractivity contribution is -0.138. The first-order chi connectivity index (χ1) is 9.58. The van der Waals surface area contributed by atoms with Gasteiger partial charge in [-0.15, -0.1) is 0 Å². The Morgan fingerprint density at radius 1 is 1.45 bits per heavy atom. The summed E-state index contributed by atoms with van der Waals surface area (Å²) in [5.74, 6) is -0.564. The lowest BCUT2D eigenvalue weighted by atomic mass is 10.3. The van der Waals surface area contributed by atoms with Crippen LogP contribution < -0.4 is 10.1 Å². The second kappa shape index (κ2) is 6.42. The number of ether oxygens (including phenoxy) is 1. The fourth-order valence-electron chi connectivity index (χ4n) is 1.65. The van der Waals surface area contributed by atoms with Gasteiger partial charge in [0.05, 0.1) is 18.7 Å². The minimum atomic E-state index is -1.00. The maximum Gasteiger partial charge on any atom is 0.305 e. The molecule has 2 N–H and O–H groups in total. The molecule has 1 amide bonds. The number of nitrogens with one attached hydrogen (secondary N) is 1. The van der Waals surface area contributed by atoms with E-state index in [4.69, 9.17) is 9.84 Å². The molecule has 0 spiro atoms. The third-order valence-electron chi connectivity index (χ3n) is 2.51. The van der Waals surface area contributed by atoms with Gasteiger partial charge in [0, 0.05) is 0 Å². The van der Waals surface area contributed by atoms with E-state index < -0.39 is 11.2 Å². The van der Waals surface area contributed by atoms with Gasteiger partial charge in [0.25, 0.3) is 0 Å². The van der Waals surface area contributed by atoms with Crippen molar-refractivity contribution in [2.45, 2.75) is 18.6 Å². The van der Waals surface area contributed by atoms with Crippen LogP contribution in [0.15, 0.2) is 29.3 Å². The minimum Gasteiger partial charge on any atom is -0.494 e. The minimum absolute atomic E-state index is 0.210. The third kappa shape index (κ3) is 3.74. The van der Waals surface area contributed by atoms with E-state index in [1.807, 2.05) is 6.92 Å². The average Bonchev–Trinajstić information content (AvgIpc) is 2.72. The van der Waals surface area contributed by atoms with Crippen LogP contribution in [0.1, 0.15) is 13.3 Å².